The van der Waals surface area contributed by atoms with Gasteiger partial charge in [-0.15, -0.1) is 0 Å². The smallest absolute Gasteiger partial charge is 0.133 e. The van der Waals surface area contributed by atoms with E-state index in [1.54, 1.807) is 13.8 Å². The minimum Gasteiger partial charge on any atom is -0.300 e. The van der Waals surface area contributed by atoms with E-state index in [-0.39, 0.29) is 17.5 Å². The van der Waals surface area contributed by atoms with Gasteiger partial charge in [-0.25, -0.2) is 0 Å². The lowest BCUT2D eigenvalue weighted by molar-refractivity contribution is -0.126. The summed E-state index contributed by atoms with van der Waals surface area (Å²) in [5.74, 6) is 0.257. The van der Waals surface area contributed by atoms with Crippen LogP contribution in [-0.2, 0) is 9.59 Å². The van der Waals surface area contributed by atoms with Gasteiger partial charge < -0.3 is 4.79 Å². The molecule has 0 aliphatic carbocycles. The Hall–Kier alpha value is -0.660. The number of unbranched alkanes of at least 4 members (excludes halogenated alkanes) is 2. The fourth-order valence-electron chi connectivity index (χ4n) is 1.44. The Morgan fingerprint density at radius 1 is 1.15 bits per heavy atom. The van der Waals surface area contributed by atoms with Crippen molar-refractivity contribution >= 4 is 11.6 Å². The van der Waals surface area contributed by atoms with Crippen molar-refractivity contribution in [2.45, 2.75) is 52.9 Å². The van der Waals surface area contributed by atoms with Crippen LogP contribution in [0.25, 0.3) is 0 Å². The van der Waals surface area contributed by atoms with Crippen LogP contribution in [0.1, 0.15) is 52.9 Å². The average molecular weight is 184 g/mol. The lowest BCUT2D eigenvalue weighted by Crippen LogP contribution is -2.14. The van der Waals surface area contributed by atoms with E-state index in [0.29, 0.717) is 6.42 Å². The maximum absolute atomic E-state index is 11.1. The van der Waals surface area contributed by atoms with E-state index < -0.39 is 0 Å². The second kappa shape index (κ2) is 6.81. The normalized spacial score (nSPS) is 12.5. The Bertz CT molecular complexity index is 173. The summed E-state index contributed by atoms with van der Waals surface area (Å²) in [5.41, 5.74) is 0. The highest BCUT2D eigenvalue weighted by atomic mass is 16.1. The number of hydrogen-bond acceptors (Lipinski definition) is 2. The molecule has 0 spiro atoms. The molecule has 0 rings (SSSR count). The van der Waals surface area contributed by atoms with Gasteiger partial charge in [-0.05, 0) is 20.3 Å². The number of carbonyl (C=O) groups excluding carboxylic acids is 2. The van der Waals surface area contributed by atoms with Crippen LogP contribution in [-0.4, -0.2) is 11.6 Å². The van der Waals surface area contributed by atoms with Gasteiger partial charge >= 0.3 is 0 Å². The first-order valence-corrected chi connectivity index (χ1v) is 5.07. The van der Waals surface area contributed by atoms with Crippen molar-refractivity contribution in [2.24, 2.45) is 5.92 Å². The second-order valence-corrected chi connectivity index (χ2v) is 3.71. The van der Waals surface area contributed by atoms with Gasteiger partial charge in [-0.3, -0.25) is 4.79 Å². The molecular formula is C11H20O2. The molecule has 0 saturated heterocycles. The Labute approximate surface area is 80.7 Å². The Balaban J connectivity index is 3.81. The fourth-order valence-corrected chi connectivity index (χ4v) is 1.44. The molecule has 0 aliphatic heterocycles. The monoisotopic (exact) mass is 184 g/mol. The van der Waals surface area contributed by atoms with Gasteiger partial charge in [0.25, 0.3) is 0 Å². The van der Waals surface area contributed by atoms with Crippen LogP contribution >= 0.6 is 0 Å². The molecule has 2 heteroatoms. The van der Waals surface area contributed by atoms with Gasteiger partial charge in [-0.2, -0.15) is 0 Å². The number of ketones is 2. The summed E-state index contributed by atoms with van der Waals surface area (Å²) in [7, 11) is 0. The molecule has 0 aromatic heterocycles. The molecule has 0 amide bonds. The van der Waals surface area contributed by atoms with Crippen LogP contribution in [0.2, 0.25) is 0 Å². The number of carbonyl (C=O) groups is 2. The maximum Gasteiger partial charge on any atom is 0.133 e. The van der Waals surface area contributed by atoms with E-state index in [1.165, 1.54) is 0 Å². The van der Waals surface area contributed by atoms with E-state index in [4.69, 9.17) is 0 Å². The molecule has 0 aromatic carbocycles. The van der Waals surface area contributed by atoms with Crippen molar-refractivity contribution in [1.82, 2.24) is 0 Å². The van der Waals surface area contributed by atoms with Gasteiger partial charge in [0, 0.05) is 12.3 Å². The van der Waals surface area contributed by atoms with Crippen LogP contribution in [0.4, 0.5) is 0 Å². The second-order valence-electron chi connectivity index (χ2n) is 3.71. The summed E-state index contributed by atoms with van der Waals surface area (Å²) in [4.78, 5) is 22.0. The van der Waals surface area contributed by atoms with Gasteiger partial charge in [0.1, 0.15) is 11.6 Å². The van der Waals surface area contributed by atoms with Gasteiger partial charge in [0.05, 0.1) is 0 Å². The van der Waals surface area contributed by atoms with Crippen molar-refractivity contribution in [3.8, 4) is 0 Å². The predicted molar refractivity (Wildman–Crippen MR) is 53.6 cm³/mol. The lowest BCUT2D eigenvalue weighted by Gasteiger charge is -2.10. The molecule has 0 heterocycles. The highest BCUT2D eigenvalue weighted by Crippen LogP contribution is 2.15. The molecule has 0 aromatic rings. The zero-order valence-corrected chi connectivity index (χ0v) is 8.93. The van der Waals surface area contributed by atoms with Crippen molar-refractivity contribution < 1.29 is 9.59 Å². The molecule has 0 fully saturated rings. The van der Waals surface area contributed by atoms with Crippen LogP contribution in [0.3, 0.4) is 0 Å². The predicted octanol–water partition coefficient (Wildman–Crippen LogP) is 2.75. The quantitative estimate of drug-likeness (QED) is 0.570. The van der Waals surface area contributed by atoms with Gasteiger partial charge in [-0.1, -0.05) is 26.2 Å². The maximum atomic E-state index is 11.1. The zero-order valence-electron chi connectivity index (χ0n) is 8.93. The molecule has 13 heavy (non-hydrogen) atoms. The summed E-state index contributed by atoms with van der Waals surface area (Å²) >= 11 is 0. The molecule has 0 N–H and O–H groups in total. The molecule has 0 aliphatic rings. The molecule has 1 atom stereocenters. The zero-order chi connectivity index (χ0) is 10.3. The molecule has 0 unspecified atom stereocenters. The molecular weight excluding hydrogens is 164 g/mol. The van der Waals surface area contributed by atoms with Gasteiger partial charge in [0.15, 0.2) is 0 Å². The highest BCUT2D eigenvalue weighted by Gasteiger charge is 2.15. The SMILES string of the molecule is CCCCC[C@@H](CC(C)=O)C(C)=O. The molecule has 2 nitrogen and oxygen atoms in total. The van der Waals surface area contributed by atoms with Crippen molar-refractivity contribution in [1.29, 1.82) is 0 Å². The average Bonchev–Trinajstić information content (AvgIpc) is 2.02. The Morgan fingerprint density at radius 2 is 1.77 bits per heavy atom. The van der Waals surface area contributed by atoms with E-state index in [9.17, 15) is 9.59 Å². The number of hydrogen-bond donors (Lipinski definition) is 0. The van der Waals surface area contributed by atoms with Crippen LogP contribution < -0.4 is 0 Å². The van der Waals surface area contributed by atoms with E-state index >= 15 is 0 Å². The molecule has 76 valence electrons. The molecule has 0 saturated carbocycles. The summed E-state index contributed by atoms with van der Waals surface area (Å²) in [6, 6.07) is 0. The van der Waals surface area contributed by atoms with Crippen LogP contribution in [0.15, 0.2) is 0 Å². The van der Waals surface area contributed by atoms with E-state index in [0.717, 1.165) is 25.7 Å². The largest absolute Gasteiger partial charge is 0.300 e. The minimum atomic E-state index is -0.0240. The van der Waals surface area contributed by atoms with Gasteiger partial charge in [0.2, 0.25) is 0 Å². The Kier molecular flexibility index (Phi) is 6.47. The van der Waals surface area contributed by atoms with Crippen molar-refractivity contribution in [3.63, 3.8) is 0 Å². The fraction of sp³-hybridized carbons (Fsp3) is 0.818. The van der Waals surface area contributed by atoms with Crippen LogP contribution in [0, 0.1) is 5.92 Å². The summed E-state index contributed by atoms with van der Waals surface area (Å²) < 4.78 is 0. The topological polar surface area (TPSA) is 34.1 Å². The molecule has 0 radical (unpaired) electrons. The van der Waals surface area contributed by atoms with Crippen molar-refractivity contribution in [3.05, 3.63) is 0 Å². The van der Waals surface area contributed by atoms with Crippen molar-refractivity contribution in [2.75, 3.05) is 0 Å². The summed E-state index contributed by atoms with van der Waals surface area (Å²) in [6.45, 7) is 5.27. The number of Topliss-reactive ketones (excluding diaryl/α,β-unsaturated/α-hetero) is 2. The third-order valence-electron chi connectivity index (χ3n) is 2.26. The van der Waals surface area contributed by atoms with Crippen LogP contribution in [0.5, 0.6) is 0 Å². The minimum absolute atomic E-state index is 0.0240. The Morgan fingerprint density at radius 3 is 2.15 bits per heavy atom. The standard InChI is InChI=1S/C11H20O2/c1-4-5-6-7-11(10(3)13)8-9(2)12/h11H,4-8H2,1-3H3/t11-/m0/s1. The van der Waals surface area contributed by atoms with E-state index in [2.05, 4.69) is 6.92 Å². The first kappa shape index (κ1) is 12.3. The lowest BCUT2D eigenvalue weighted by atomic mass is 9.93. The third-order valence-corrected chi connectivity index (χ3v) is 2.26. The number of rotatable bonds is 7. The first-order chi connectivity index (χ1) is 6.07. The highest BCUT2D eigenvalue weighted by molar-refractivity contribution is 5.85. The first-order valence-electron chi connectivity index (χ1n) is 5.07. The molecule has 0 bridgehead atoms. The van der Waals surface area contributed by atoms with E-state index in [1.807, 2.05) is 0 Å². The summed E-state index contributed by atoms with van der Waals surface area (Å²) in [5, 5.41) is 0. The summed E-state index contributed by atoms with van der Waals surface area (Å²) in [6.07, 6.45) is 4.68. The third kappa shape index (κ3) is 6.50.